The average Bonchev–Trinajstić information content (AvgIpc) is 3.09. The van der Waals surface area contributed by atoms with Gasteiger partial charge in [0.25, 0.3) is 0 Å². The van der Waals surface area contributed by atoms with E-state index in [0.717, 1.165) is 32.4 Å². The molecule has 0 aliphatic carbocycles. The van der Waals surface area contributed by atoms with Crippen molar-refractivity contribution in [2.24, 2.45) is 0 Å². The lowest BCUT2D eigenvalue weighted by Gasteiger charge is -2.34. The zero-order chi connectivity index (χ0) is 21.7. The first-order valence-electron chi connectivity index (χ1n) is 10.9. The molecule has 1 fully saturated rings. The van der Waals surface area contributed by atoms with Gasteiger partial charge >= 0.3 is 6.09 Å². The molecule has 1 aliphatic heterocycles. The molecule has 2 atom stereocenters. The van der Waals surface area contributed by atoms with E-state index >= 15 is 0 Å². The van der Waals surface area contributed by atoms with Crippen molar-refractivity contribution in [2.75, 3.05) is 19.7 Å². The zero-order valence-corrected chi connectivity index (χ0v) is 19.1. The van der Waals surface area contributed by atoms with Crippen LogP contribution in [-0.2, 0) is 16.6 Å². The Morgan fingerprint density at radius 1 is 1.21 bits per heavy atom. The number of rotatable bonds is 7. The number of nitrogens with zero attached hydrogens (tertiary/aromatic N) is 1. The molecule has 1 aromatic rings. The molecule has 1 amide bonds. The van der Waals surface area contributed by atoms with Crippen molar-refractivity contribution in [1.82, 2.24) is 10.2 Å². The topological polar surface area (TPSA) is 61.8 Å². The zero-order valence-electron chi connectivity index (χ0n) is 19.1. The molecule has 29 heavy (non-hydrogen) atoms. The van der Waals surface area contributed by atoms with E-state index in [2.05, 4.69) is 50.4 Å². The van der Waals surface area contributed by atoms with Crippen LogP contribution in [0.5, 0.6) is 0 Å². The minimum absolute atomic E-state index is 0.103. The van der Waals surface area contributed by atoms with E-state index in [-0.39, 0.29) is 30.2 Å². The summed E-state index contributed by atoms with van der Waals surface area (Å²) in [6, 6.07) is 9.06. The Balaban J connectivity index is 2.15. The van der Waals surface area contributed by atoms with Crippen molar-refractivity contribution in [3.8, 4) is 0 Å². The quantitative estimate of drug-likeness (QED) is 0.667. The molecular weight excluding hydrogens is 364 g/mol. The second-order valence-electron chi connectivity index (χ2n) is 10.2. The maximum absolute atomic E-state index is 12.7. The molecule has 1 saturated heterocycles. The predicted molar refractivity (Wildman–Crippen MR) is 118 cm³/mol. The second kappa shape index (κ2) is 9.94. The summed E-state index contributed by atoms with van der Waals surface area (Å²) in [4.78, 5) is 14.6. The molecule has 164 valence electrons. The van der Waals surface area contributed by atoms with Crippen molar-refractivity contribution < 1.29 is 14.6 Å². The van der Waals surface area contributed by atoms with Gasteiger partial charge in [0.05, 0.1) is 6.04 Å². The van der Waals surface area contributed by atoms with Crippen molar-refractivity contribution in [1.29, 1.82) is 0 Å². The molecule has 0 bridgehead atoms. The van der Waals surface area contributed by atoms with E-state index < -0.39 is 5.60 Å². The SMILES string of the molecule is CC(C)(C)OC(=O)N1CCCC1C(Cc1ccc(C(C)(C)C)cc1)NCCCO. The molecular formula is C24H40N2O3. The van der Waals surface area contributed by atoms with Gasteiger partial charge < -0.3 is 20.1 Å². The average molecular weight is 405 g/mol. The van der Waals surface area contributed by atoms with Crippen molar-refractivity contribution in [3.63, 3.8) is 0 Å². The van der Waals surface area contributed by atoms with Gasteiger partial charge in [-0.25, -0.2) is 4.79 Å². The number of nitrogens with one attached hydrogen (secondary N) is 1. The number of hydrogen-bond donors (Lipinski definition) is 2. The molecule has 1 aliphatic rings. The fourth-order valence-corrected chi connectivity index (χ4v) is 3.86. The Morgan fingerprint density at radius 3 is 2.41 bits per heavy atom. The summed E-state index contributed by atoms with van der Waals surface area (Å²) in [5.74, 6) is 0. The normalized spacial score (nSPS) is 18.7. The lowest BCUT2D eigenvalue weighted by Crippen LogP contribution is -2.51. The minimum atomic E-state index is -0.493. The lowest BCUT2D eigenvalue weighted by atomic mass is 9.86. The monoisotopic (exact) mass is 404 g/mol. The van der Waals surface area contributed by atoms with Gasteiger partial charge in [-0.15, -0.1) is 0 Å². The molecule has 1 aromatic carbocycles. The van der Waals surface area contributed by atoms with E-state index in [9.17, 15) is 9.90 Å². The van der Waals surface area contributed by atoms with E-state index in [4.69, 9.17) is 4.74 Å². The number of aliphatic hydroxyl groups excluding tert-OH is 1. The van der Waals surface area contributed by atoms with Gasteiger partial charge in [0.1, 0.15) is 5.60 Å². The number of benzene rings is 1. The third-order valence-corrected chi connectivity index (χ3v) is 5.41. The fourth-order valence-electron chi connectivity index (χ4n) is 3.86. The van der Waals surface area contributed by atoms with Gasteiger partial charge in [0.2, 0.25) is 0 Å². The molecule has 0 aromatic heterocycles. The Hall–Kier alpha value is -1.59. The van der Waals surface area contributed by atoms with E-state index in [1.807, 2.05) is 25.7 Å². The van der Waals surface area contributed by atoms with Crippen LogP contribution in [0.3, 0.4) is 0 Å². The highest BCUT2D eigenvalue weighted by molar-refractivity contribution is 5.69. The number of hydrogen-bond acceptors (Lipinski definition) is 4. The number of ether oxygens (including phenoxy) is 1. The number of carbonyl (C=O) groups is 1. The minimum Gasteiger partial charge on any atom is -0.444 e. The number of aliphatic hydroxyl groups is 1. The van der Waals surface area contributed by atoms with Crippen molar-refractivity contribution in [2.45, 2.75) is 90.3 Å². The Labute approximate surface area is 176 Å². The van der Waals surface area contributed by atoms with Gasteiger partial charge in [-0.2, -0.15) is 0 Å². The highest BCUT2D eigenvalue weighted by Gasteiger charge is 2.36. The van der Waals surface area contributed by atoms with Crippen LogP contribution in [-0.4, -0.2) is 53.5 Å². The van der Waals surface area contributed by atoms with Crippen LogP contribution in [0, 0.1) is 0 Å². The Bertz CT molecular complexity index is 644. The summed E-state index contributed by atoms with van der Waals surface area (Å²) >= 11 is 0. The summed E-state index contributed by atoms with van der Waals surface area (Å²) in [5, 5.41) is 12.8. The number of likely N-dealkylation sites (tertiary alicyclic amines) is 1. The molecule has 1 heterocycles. The first-order chi connectivity index (χ1) is 13.5. The molecule has 0 radical (unpaired) electrons. The largest absolute Gasteiger partial charge is 0.444 e. The van der Waals surface area contributed by atoms with Crippen LogP contribution in [0.1, 0.15) is 71.9 Å². The lowest BCUT2D eigenvalue weighted by molar-refractivity contribution is 0.0195. The standard InChI is InChI=1S/C24H40N2O3/c1-23(2,3)19-12-10-18(11-13-19)17-20(25-14-8-16-27)21-9-7-15-26(21)22(28)29-24(4,5)6/h10-13,20-21,25,27H,7-9,14-17H2,1-6H3. The van der Waals surface area contributed by atoms with Crippen LogP contribution in [0.2, 0.25) is 0 Å². The van der Waals surface area contributed by atoms with Crippen LogP contribution in [0.15, 0.2) is 24.3 Å². The molecule has 2 N–H and O–H groups in total. The van der Waals surface area contributed by atoms with Crippen molar-refractivity contribution >= 4 is 6.09 Å². The number of amides is 1. The summed E-state index contributed by atoms with van der Waals surface area (Å²) in [7, 11) is 0. The first-order valence-corrected chi connectivity index (χ1v) is 10.9. The van der Waals surface area contributed by atoms with Gasteiger partial charge in [-0.1, -0.05) is 45.0 Å². The van der Waals surface area contributed by atoms with Gasteiger partial charge in [0, 0.05) is 19.2 Å². The third-order valence-electron chi connectivity index (χ3n) is 5.41. The molecule has 0 spiro atoms. The van der Waals surface area contributed by atoms with Gasteiger partial charge in [-0.3, -0.25) is 0 Å². The summed E-state index contributed by atoms with van der Waals surface area (Å²) in [6.07, 6.45) is 3.29. The molecule has 5 heteroatoms. The maximum atomic E-state index is 12.7. The molecule has 5 nitrogen and oxygen atoms in total. The summed E-state index contributed by atoms with van der Waals surface area (Å²) < 4.78 is 5.65. The summed E-state index contributed by atoms with van der Waals surface area (Å²) in [5.41, 5.74) is 2.22. The van der Waals surface area contributed by atoms with E-state index in [0.29, 0.717) is 6.42 Å². The van der Waals surface area contributed by atoms with Crippen LogP contribution < -0.4 is 5.32 Å². The van der Waals surface area contributed by atoms with E-state index in [1.165, 1.54) is 11.1 Å². The second-order valence-corrected chi connectivity index (χ2v) is 10.2. The molecule has 0 saturated carbocycles. The Morgan fingerprint density at radius 2 is 1.86 bits per heavy atom. The first kappa shape index (κ1) is 23.7. The third kappa shape index (κ3) is 7.31. The number of carbonyl (C=O) groups excluding carboxylic acids is 1. The van der Waals surface area contributed by atoms with Crippen molar-refractivity contribution in [3.05, 3.63) is 35.4 Å². The van der Waals surface area contributed by atoms with Gasteiger partial charge in [0.15, 0.2) is 0 Å². The smallest absolute Gasteiger partial charge is 0.410 e. The van der Waals surface area contributed by atoms with Gasteiger partial charge in [-0.05, 0) is 69.5 Å². The Kier molecular flexibility index (Phi) is 8.12. The fraction of sp³-hybridized carbons (Fsp3) is 0.708. The predicted octanol–water partition coefficient (Wildman–Crippen LogP) is 4.27. The van der Waals surface area contributed by atoms with Crippen LogP contribution in [0.25, 0.3) is 0 Å². The molecule has 2 unspecified atom stereocenters. The highest BCUT2D eigenvalue weighted by Crippen LogP contribution is 2.26. The van der Waals surface area contributed by atoms with Crippen LogP contribution in [0.4, 0.5) is 4.79 Å². The van der Waals surface area contributed by atoms with Crippen LogP contribution >= 0.6 is 0 Å². The van der Waals surface area contributed by atoms with E-state index in [1.54, 1.807) is 0 Å². The highest BCUT2D eigenvalue weighted by atomic mass is 16.6. The summed E-state index contributed by atoms with van der Waals surface area (Å²) in [6.45, 7) is 14.0. The maximum Gasteiger partial charge on any atom is 0.410 e. The molecule has 2 rings (SSSR count).